The van der Waals surface area contributed by atoms with Crippen LogP contribution in [0.2, 0.25) is 0 Å². The number of rotatable bonds is 3. The third-order valence-electron chi connectivity index (χ3n) is 4.66. The van der Waals surface area contributed by atoms with Crippen LogP contribution in [0, 0.1) is 0 Å². The minimum atomic E-state index is 0.666. The highest BCUT2D eigenvalue weighted by molar-refractivity contribution is 5.22. The number of hydrogen-bond donors (Lipinski definition) is 1. The van der Waals surface area contributed by atoms with Crippen molar-refractivity contribution in [2.45, 2.75) is 56.5 Å². The molecule has 1 aliphatic carbocycles. The van der Waals surface area contributed by atoms with E-state index in [1.807, 2.05) is 0 Å². The molecular formula is C17H25NO. The van der Waals surface area contributed by atoms with Crippen molar-refractivity contribution in [2.75, 3.05) is 13.2 Å². The van der Waals surface area contributed by atoms with Crippen molar-refractivity contribution in [1.29, 1.82) is 0 Å². The fourth-order valence-corrected chi connectivity index (χ4v) is 3.60. The first kappa shape index (κ1) is 13.1. The van der Waals surface area contributed by atoms with E-state index in [1.165, 1.54) is 44.1 Å². The van der Waals surface area contributed by atoms with Gasteiger partial charge in [-0.25, -0.2) is 0 Å². The average molecular weight is 259 g/mol. The van der Waals surface area contributed by atoms with Crippen LogP contribution in [0.1, 0.15) is 50.0 Å². The highest BCUT2D eigenvalue weighted by Crippen LogP contribution is 2.33. The molecule has 1 aromatic carbocycles. The first-order valence-electron chi connectivity index (χ1n) is 7.82. The van der Waals surface area contributed by atoms with E-state index < -0.39 is 0 Å². The standard InChI is InChI=1S/C17H25NO/c1-2-6-14(7-3-1)16-8-4-5-9-17(16)18-15-10-12-19-13-11-15/h1-3,6-7,15-18H,4-5,8-13H2. The average Bonchev–Trinajstić information content (AvgIpc) is 2.50. The molecule has 2 unspecified atom stereocenters. The molecule has 0 radical (unpaired) electrons. The fourth-order valence-electron chi connectivity index (χ4n) is 3.60. The molecule has 1 heterocycles. The van der Waals surface area contributed by atoms with Crippen LogP contribution in [0.4, 0.5) is 0 Å². The Morgan fingerprint density at radius 3 is 2.42 bits per heavy atom. The summed E-state index contributed by atoms with van der Waals surface area (Å²) >= 11 is 0. The Balaban J connectivity index is 1.66. The van der Waals surface area contributed by atoms with Crippen molar-refractivity contribution < 1.29 is 4.74 Å². The van der Waals surface area contributed by atoms with Crippen molar-refractivity contribution in [1.82, 2.24) is 5.32 Å². The maximum absolute atomic E-state index is 5.46. The molecular weight excluding hydrogens is 234 g/mol. The number of benzene rings is 1. The van der Waals surface area contributed by atoms with Gasteiger partial charge in [0.25, 0.3) is 0 Å². The van der Waals surface area contributed by atoms with Crippen molar-refractivity contribution >= 4 is 0 Å². The number of ether oxygens (including phenoxy) is 1. The second-order valence-electron chi connectivity index (χ2n) is 5.96. The molecule has 3 rings (SSSR count). The Bertz CT molecular complexity index is 372. The van der Waals surface area contributed by atoms with Crippen LogP contribution in [-0.4, -0.2) is 25.3 Å². The normalized spacial score (nSPS) is 29.3. The summed E-state index contributed by atoms with van der Waals surface area (Å²) in [6.45, 7) is 1.86. The quantitative estimate of drug-likeness (QED) is 0.897. The van der Waals surface area contributed by atoms with Gasteiger partial charge in [0.05, 0.1) is 0 Å². The van der Waals surface area contributed by atoms with Gasteiger partial charge in [-0.15, -0.1) is 0 Å². The molecule has 1 aromatic rings. The molecule has 1 N–H and O–H groups in total. The summed E-state index contributed by atoms with van der Waals surface area (Å²) in [4.78, 5) is 0. The maximum atomic E-state index is 5.46. The summed E-state index contributed by atoms with van der Waals surface area (Å²) < 4.78 is 5.46. The minimum absolute atomic E-state index is 0.666. The Morgan fingerprint density at radius 1 is 0.895 bits per heavy atom. The summed E-state index contributed by atoms with van der Waals surface area (Å²) in [7, 11) is 0. The lowest BCUT2D eigenvalue weighted by molar-refractivity contribution is 0.0720. The van der Waals surface area contributed by atoms with Crippen LogP contribution >= 0.6 is 0 Å². The zero-order valence-corrected chi connectivity index (χ0v) is 11.7. The van der Waals surface area contributed by atoms with E-state index in [-0.39, 0.29) is 0 Å². The van der Waals surface area contributed by atoms with Crippen LogP contribution in [0.3, 0.4) is 0 Å². The Kier molecular flexibility index (Phi) is 4.52. The molecule has 1 saturated heterocycles. The Hall–Kier alpha value is -0.860. The molecule has 2 heteroatoms. The summed E-state index contributed by atoms with van der Waals surface area (Å²) in [5.74, 6) is 0.706. The van der Waals surface area contributed by atoms with Crippen LogP contribution in [0.15, 0.2) is 30.3 Å². The fraction of sp³-hybridized carbons (Fsp3) is 0.647. The highest BCUT2D eigenvalue weighted by Gasteiger charge is 2.28. The van der Waals surface area contributed by atoms with Gasteiger partial charge in [0.15, 0.2) is 0 Å². The van der Waals surface area contributed by atoms with Gasteiger partial charge >= 0.3 is 0 Å². The van der Waals surface area contributed by atoms with Crippen molar-refractivity contribution in [3.63, 3.8) is 0 Å². The third-order valence-corrected chi connectivity index (χ3v) is 4.66. The summed E-state index contributed by atoms with van der Waals surface area (Å²) in [5, 5.41) is 3.93. The van der Waals surface area contributed by atoms with Crippen molar-refractivity contribution in [3.8, 4) is 0 Å². The molecule has 0 spiro atoms. The molecule has 104 valence electrons. The zero-order valence-electron chi connectivity index (χ0n) is 11.7. The molecule has 1 saturated carbocycles. The largest absolute Gasteiger partial charge is 0.381 e. The van der Waals surface area contributed by atoms with Gasteiger partial charge < -0.3 is 10.1 Å². The predicted octanol–water partition coefficient (Wildman–Crippen LogP) is 3.48. The summed E-state index contributed by atoms with van der Waals surface area (Å²) in [6.07, 6.45) is 7.79. The van der Waals surface area contributed by atoms with Gasteiger partial charge in [-0.1, -0.05) is 43.2 Å². The van der Waals surface area contributed by atoms with Gasteiger partial charge in [0, 0.05) is 25.3 Å². The number of hydrogen-bond acceptors (Lipinski definition) is 2. The van der Waals surface area contributed by atoms with Crippen LogP contribution in [-0.2, 0) is 4.74 Å². The molecule has 0 aromatic heterocycles. The molecule has 1 aliphatic heterocycles. The lowest BCUT2D eigenvalue weighted by Gasteiger charge is -2.36. The molecule has 0 bridgehead atoms. The monoisotopic (exact) mass is 259 g/mol. The first-order chi connectivity index (χ1) is 9.43. The smallest absolute Gasteiger partial charge is 0.0480 e. The number of nitrogens with one attached hydrogen (secondary N) is 1. The van der Waals surface area contributed by atoms with E-state index in [1.54, 1.807) is 0 Å². The van der Waals surface area contributed by atoms with Crippen LogP contribution in [0.5, 0.6) is 0 Å². The molecule has 19 heavy (non-hydrogen) atoms. The maximum Gasteiger partial charge on any atom is 0.0480 e. The predicted molar refractivity (Wildman–Crippen MR) is 78.4 cm³/mol. The van der Waals surface area contributed by atoms with E-state index in [4.69, 9.17) is 4.74 Å². The van der Waals surface area contributed by atoms with Gasteiger partial charge in [-0.3, -0.25) is 0 Å². The van der Waals surface area contributed by atoms with E-state index in [9.17, 15) is 0 Å². The molecule has 2 fully saturated rings. The summed E-state index contributed by atoms with van der Waals surface area (Å²) in [6, 6.07) is 12.4. The lowest BCUT2D eigenvalue weighted by Crippen LogP contribution is -2.45. The molecule has 2 nitrogen and oxygen atoms in total. The lowest BCUT2D eigenvalue weighted by atomic mass is 9.79. The second kappa shape index (κ2) is 6.53. The topological polar surface area (TPSA) is 21.3 Å². The first-order valence-corrected chi connectivity index (χ1v) is 7.82. The second-order valence-corrected chi connectivity index (χ2v) is 5.96. The van der Waals surface area contributed by atoms with Crippen molar-refractivity contribution in [2.24, 2.45) is 0 Å². The van der Waals surface area contributed by atoms with E-state index in [0.29, 0.717) is 18.0 Å². The van der Waals surface area contributed by atoms with Gasteiger partial charge in [0.2, 0.25) is 0 Å². The van der Waals surface area contributed by atoms with E-state index in [2.05, 4.69) is 35.6 Å². The Labute approximate surface area is 116 Å². The summed E-state index contributed by atoms with van der Waals surface area (Å²) in [5.41, 5.74) is 1.52. The van der Waals surface area contributed by atoms with Crippen molar-refractivity contribution in [3.05, 3.63) is 35.9 Å². The SMILES string of the molecule is c1ccc(C2CCCCC2NC2CCOCC2)cc1. The molecule has 2 aliphatic rings. The third kappa shape index (κ3) is 3.37. The minimum Gasteiger partial charge on any atom is -0.381 e. The highest BCUT2D eigenvalue weighted by atomic mass is 16.5. The van der Waals surface area contributed by atoms with Gasteiger partial charge in [-0.05, 0) is 37.2 Å². The zero-order chi connectivity index (χ0) is 12.9. The Morgan fingerprint density at radius 2 is 1.63 bits per heavy atom. The van der Waals surface area contributed by atoms with Crippen LogP contribution < -0.4 is 5.32 Å². The van der Waals surface area contributed by atoms with E-state index >= 15 is 0 Å². The molecule has 0 amide bonds. The molecule has 2 atom stereocenters. The van der Waals surface area contributed by atoms with E-state index in [0.717, 1.165) is 13.2 Å². The van der Waals surface area contributed by atoms with Gasteiger partial charge in [-0.2, -0.15) is 0 Å². The van der Waals surface area contributed by atoms with Crippen LogP contribution in [0.25, 0.3) is 0 Å². The van der Waals surface area contributed by atoms with Gasteiger partial charge in [0.1, 0.15) is 0 Å².